The maximum atomic E-state index is 12.0. The van der Waals surface area contributed by atoms with Crippen LogP contribution in [-0.2, 0) is 10.2 Å². The highest BCUT2D eigenvalue weighted by molar-refractivity contribution is 5.64. The zero-order valence-electron chi connectivity index (χ0n) is 13.6. The van der Waals surface area contributed by atoms with Crippen molar-refractivity contribution in [2.24, 2.45) is 0 Å². The standard InChI is InChI=1S/C22H20O2/c1-22(18-11-5-2-6-12-18,19-13-7-3-8-14-19)21(17-23)24-20-15-9-4-10-16-20/h2-17,21H,1H3. The van der Waals surface area contributed by atoms with Gasteiger partial charge in [-0.1, -0.05) is 78.9 Å². The zero-order valence-corrected chi connectivity index (χ0v) is 13.6. The molecular weight excluding hydrogens is 296 g/mol. The average Bonchev–Trinajstić information content (AvgIpc) is 2.67. The van der Waals surface area contributed by atoms with Crippen LogP contribution >= 0.6 is 0 Å². The lowest BCUT2D eigenvalue weighted by atomic mass is 9.72. The molecule has 0 heterocycles. The predicted octanol–water partition coefficient (Wildman–Crippen LogP) is 4.64. The van der Waals surface area contributed by atoms with E-state index in [1.54, 1.807) is 0 Å². The minimum Gasteiger partial charge on any atom is -0.482 e. The van der Waals surface area contributed by atoms with Crippen molar-refractivity contribution in [2.75, 3.05) is 0 Å². The van der Waals surface area contributed by atoms with Gasteiger partial charge in [0.05, 0.1) is 5.41 Å². The molecule has 0 aliphatic carbocycles. The molecule has 2 heteroatoms. The summed E-state index contributed by atoms with van der Waals surface area (Å²) in [6.07, 6.45) is 0.261. The van der Waals surface area contributed by atoms with Crippen molar-refractivity contribution in [1.82, 2.24) is 0 Å². The molecule has 0 N–H and O–H groups in total. The molecular formula is C22H20O2. The Balaban J connectivity index is 2.08. The van der Waals surface area contributed by atoms with E-state index in [2.05, 4.69) is 6.92 Å². The van der Waals surface area contributed by atoms with Crippen LogP contribution in [0.2, 0.25) is 0 Å². The monoisotopic (exact) mass is 316 g/mol. The molecule has 0 amide bonds. The molecule has 0 bridgehead atoms. The molecule has 2 nitrogen and oxygen atoms in total. The smallest absolute Gasteiger partial charge is 0.167 e. The van der Waals surface area contributed by atoms with Crippen LogP contribution in [0, 0.1) is 0 Å². The number of para-hydroxylation sites is 1. The summed E-state index contributed by atoms with van der Waals surface area (Å²) in [5.41, 5.74) is 1.51. The molecule has 1 atom stereocenters. The van der Waals surface area contributed by atoms with Crippen LogP contribution in [0.3, 0.4) is 0 Å². The first-order chi connectivity index (χ1) is 11.7. The van der Waals surface area contributed by atoms with Gasteiger partial charge in [-0.25, -0.2) is 0 Å². The summed E-state index contributed by atoms with van der Waals surface area (Å²) in [6, 6.07) is 29.5. The maximum Gasteiger partial charge on any atom is 0.167 e. The first kappa shape index (κ1) is 16.0. The third-order valence-electron chi connectivity index (χ3n) is 4.45. The Kier molecular flexibility index (Phi) is 4.76. The molecule has 0 saturated heterocycles. The zero-order chi connectivity index (χ0) is 16.8. The first-order valence-electron chi connectivity index (χ1n) is 8.03. The van der Waals surface area contributed by atoms with Crippen molar-refractivity contribution in [1.29, 1.82) is 0 Å². The van der Waals surface area contributed by atoms with Crippen molar-refractivity contribution < 1.29 is 9.53 Å². The average molecular weight is 316 g/mol. The summed E-state index contributed by atoms with van der Waals surface area (Å²) in [5.74, 6) is 0.688. The molecule has 24 heavy (non-hydrogen) atoms. The van der Waals surface area contributed by atoms with Crippen LogP contribution in [0.15, 0.2) is 91.0 Å². The lowest BCUT2D eigenvalue weighted by Crippen LogP contribution is -2.43. The van der Waals surface area contributed by atoms with Crippen LogP contribution in [0.5, 0.6) is 5.75 Å². The molecule has 0 aromatic heterocycles. The third-order valence-corrected chi connectivity index (χ3v) is 4.45. The molecule has 3 aromatic carbocycles. The highest BCUT2D eigenvalue weighted by Gasteiger charge is 2.39. The van der Waals surface area contributed by atoms with Crippen molar-refractivity contribution in [3.63, 3.8) is 0 Å². The van der Waals surface area contributed by atoms with Crippen molar-refractivity contribution in [3.8, 4) is 5.75 Å². The number of hydrogen-bond donors (Lipinski definition) is 0. The largest absolute Gasteiger partial charge is 0.482 e. The second-order valence-electron chi connectivity index (χ2n) is 5.92. The molecule has 0 fully saturated rings. The Hall–Kier alpha value is -2.87. The van der Waals surface area contributed by atoms with Crippen molar-refractivity contribution in [2.45, 2.75) is 18.4 Å². The summed E-state index contributed by atoms with van der Waals surface area (Å²) in [4.78, 5) is 12.0. The van der Waals surface area contributed by atoms with Crippen LogP contribution in [0.25, 0.3) is 0 Å². The number of carbonyl (C=O) groups excluding carboxylic acids is 1. The molecule has 0 saturated carbocycles. The van der Waals surface area contributed by atoms with Gasteiger partial charge in [-0.15, -0.1) is 0 Å². The Bertz CT molecular complexity index is 727. The molecule has 3 aromatic rings. The van der Waals surface area contributed by atoms with E-state index in [0.717, 1.165) is 17.4 Å². The van der Waals surface area contributed by atoms with E-state index < -0.39 is 11.5 Å². The summed E-state index contributed by atoms with van der Waals surface area (Å²) in [5, 5.41) is 0. The SMILES string of the molecule is CC(c1ccccc1)(c1ccccc1)C(C=O)Oc1ccccc1. The van der Waals surface area contributed by atoms with E-state index in [-0.39, 0.29) is 0 Å². The number of carbonyl (C=O) groups is 1. The second-order valence-corrected chi connectivity index (χ2v) is 5.92. The highest BCUT2D eigenvalue weighted by Crippen LogP contribution is 2.36. The fraction of sp³-hybridized carbons (Fsp3) is 0.136. The van der Waals surface area contributed by atoms with Crippen molar-refractivity contribution in [3.05, 3.63) is 102 Å². The lowest BCUT2D eigenvalue weighted by molar-refractivity contribution is -0.115. The van der Waals surface area contributed by atoms with Gasteiger partial charge in [-0.05, 0) is 30.2 Å². The fourth-order valence-electron chi connectivity index (χ4n) is 2.99. The quantitative estimate of drug-likeness (QED) is 0.619. The van der Waals surface area contributed by atoms with E-state index in [9.17, 15) is 4.79 Å². The van der Waals surface area contributed by atoms with E-state index in [4.69, 9.17) is 4.74 Å². The molecule has 0 aliphatic rings. The van der Waals surface area contributed by atoms with Gasteiger partial charge >= 0.3 is 0 Å². The normalized spacial score (nSPS) is 12.4. The number of ether oxygens (including phenoxy) is 1. The van der Waals surface area contributed by atoms with Gasteiger partial charge in [-0.3, -0.25) is 4.79 Å². The van der Waals surface area contributed by atoms with Gasteiger partial charge in [0, 0.05) is 0 Å². The third kappa shape index (κ3) is 3.09. The lowest BCUT2D eigenvalue weighted by Gasteiger charge is -2.36. The summed E-state index contributed by atoms with van der Waals surface area (Å²) in [6.45, 7) is 2.06. The second kappa shape index (κ2) is 7.14. The molecule has 3 rings (SSSR count). The molecule has 0 radical (unpaired) electrons. The van der Waals surface area contributed by atoms with Gasteiger partial charge in [0.25, 0.3) is 0 Å². The molecule has 120 valence electrons. The van der Waals surface area contributed by atoms with Crippen LogP contribution < -0.4 is 4.74 Å². The van der Waals surface area contributed by atoms with E-state index in [0.29, 0.717) is 5.75 Å². The first-order valence-corrected chi connectivity index (χ1v) is 8.03. The number of hydrogen-bond acceptors (Lipinski definition) is 2. The van der Waals surface area contributed by atoms with E-state index in [1.807, 2.05) is 91.0 Å². The maximum absolute atomic E-state index is 12.0. The Morgan fingerprint density at radius 2 is 1.17 bits per heavy atom. The number of rotatable bonds is 6. The topological polar surface area (TPSA) is 26.3 Å². The van der Waals surface area contributed by atoms with E-state index >= 15 is 0 Å². The van der Waals surface area contributed by atoms with Gasteiger partial charge in [-0.2, -0.15) is 0 Å². The van der Waals surface area contributed by atoms with Crippen LogP contribution in [0.4, 0.5) is 0 Å². The van der Waals surface area contributed by atoms with Gasteiger partial charge in [0.15, 0.2) is 12.4 Å². The minimum absolute atomic E-state index is 0.583. The highest BCUT2D eigenvalue weighted by atomic mass is 16.5. The summed E-state index contributed by atoms with van der Waals surface area (Å²) >= 11 is 0. The molecule has 0 spiro atoms. The molecule has 0 aliphatic heterocycles. The minimum atomic E-state index is -0.635. The van der Waals surface area contributed by atoms with E-state index in [1.165, 1.54) is 0 Å². The molecule has 1 unspecified atom stereocenters. The van der Waals surface area contributed by atoms with Crippen LogP contribution in [-0.4, -0.2) is 12.4 Å². The van der Waals surface area contributed by atoms with Crippen LogP contribution in [0.1, 0.15) is 18.1 Å². The summed E-state index contributed by atoms with van der Waals surface area (Å²) in [7, 11) is 0. The Morgan fingerprint density at radius 3 is 1.58 bits per heavy atom. The fourth-order valence-corrected chi connectivity index (χ4v) is 2.99. The van der Waals surface area contributed by atoms with Gasteiger partial charge in [0.1, 0.15) is 5.75 Å². The Morgan fingerprint density at radius 1 is 0.750 bits per heavy atom. The summed E-state index contributed by atoms with van der Waals surface area (Å²) < 4.78 is 6.07. The number of aldehydes is 1. The predicted molar refractivity (Wildman–Crippen MR) is 96.3 cm³/mol. The Labute approximate surface area is 142 Å². The van der Waals surface area contributed by atoms with Crippen molar-refractivity contribution >= 4 is 6.29 Å². The number of benzene rings is 3. The van der Waals surface area contributed by atoms with Gasteiger partial charge in [0.2, 0.25) is 0 Å². The van der Waals surface area contributed by atoms with Gasteiger partial charge < -0.3 is 4.74 Å².